The first-order valence-electron chi connectivity index (χ1n) is 5.88. The molecule has 0 aliphatic carbocycles. The Morgan fingerprint density at radius 3 is 2.07 bits per heavy atom. The number of carbonyl (C=O) groups excluding carboxylic acids is 1. The molecule has 0 aliphatic heterocycles. The minimum Gasteiger partial charge on any atom is -0.309 e. The fraction of sp³-hybridized carbons (Fsp3) is 0.917. The van der Waals surface area contributed by atoms with E-state index in [1.54, 1.807) is 6.92 Å². The topological polar surface area (TPSA) is 23.6 Å². The highest BCUT2D eigenvalue weighted by molar-refractivity contribution is 5.78. The Hall–Kier alpha value is -0.410. The van der Waals surface area contributed by atoms with Gasteiger partial charge in [-0.2, -0.15) is 0 Å². The van der Waals surface area contributed by atoms with Crippen LogP contribution in [0.1, 0.15) is 27.2 Å². The summed E-state index contributed by atoms with van der Waals surface area (Å²) < 4.78 is 0. The highest BCUT2D eigenvalue weighted by atomic mass is 16.1. The Morgan fingerprint density at radius 1 is 1.20 bits per heavy atom. The zero-order valence-corrected chi connectivity index (χ0v) is 10.9. The van der Waals surface area contributed by atoms with Crippen molar-refractivity contribution in [1.82, 2.24) is 9.80 Å². The van der Waals surface area contributed by atoms with Gasteiger partial charge >= 0.3 is 0 Å². The third kappa shape index (κ3) is 6.63. The zero-order valence-electron chi connectivity index (χ0n) is 10.9. The molecule has 0 fully saturated rings. The first kappa shape index (κ1) is 14.6. The molecule has 90 valence electrons. The lowest BCUT2D eigenvalue weighted by atomic mass is 10.0. The first-order valence-corrected chi connectivity index (χ1v) is 5.88. The van der Waals surface area contributed by atoms with Crippen LogP contribution in [0, 0.1) is 5.92 Å². The van der Waals surface area contributed by atoms with Crippen LogP contribution in [0.2, 0.25) is 0 Å². The Bertz CT molecular complexity index is 176. The summed E-state index contributed by atoms with van der Waals surface area (Å²) in [5.41, 5.74) is 0. The number of rotatable bonds is 8. The monoisotopic (exact) mass is 214 g/mol. The van der Waals surface area contributed by atoms with Crippen LogP contribution in [0.5, 0.6) is 0 Å². The number of carbonyl (C=O) groups is 1. The standard InChI is InChI=1S/C12H26N2O/c1-6-14(7-2)9-8-12(11(3)15)10-13(4)5/h12H,6-10H2,1-5H3/t12-/m0/s1. The SMILES string of the molecule is CCN(CC)CC[C@@H](CN(C)C)C(C)=O. The number of ketones is 1. The lowest BCUT2D eigenvalue weighted by Gasteiger charge is -2.23. The van der Waals surface area contributed by atoms with E-state index in [1.807, 2.05) is 14.1 Å². The molecule has 0 saturated carbocycles. The van der Waals surface area contributed by atoms with E-state index in [4.69, 9.17) is 0 Å². The molecule has 0 rings (SSSR count). The Labute approximate surface area is 94.4 Å². The van der Waals surface area contributed by atoms with Crippen LogP contribution < -0.4 is 0 Å². The summed E-state index contributed by atoms with van der Waals surface area (Å²) in [6, 6.07) is 0. The molecule has 0 amide bonds. The van der Waals surface area contributed by atoms with Gasteiger partial charge in [-0.25, -0.2) is 0 Å². The van der Waals surface area contributed by atoms with Gasteiger partial charge in [-0.15, -0.1) is 0 Å². The van der Waals surface area contributed by atoms with Crippen LogP contribution in [0.4, 0.5) is 0 Å². The maximum Gasteiger partial charge on any atom is 0.134 e. The number of hydrogen-bond acceptors (Lipinski definition) is 3. The van der Waals surface area contributed by atoms with Crippen molar-refractivity contribution in [2.24, 2.45) is 5.92 Å². The lowest BCUT2D eigenvalue weighted by molar-refractivity contribution is -0.121. The molecule has 0 radical (unpaired) electrons. The number of nitrogens with zero attached hydrogens (tertiary/aromatic N) is 2. The van der Waals surface area contributed by atoms with Crippen LogP contribution >= 0.6 is 0 Å². The van der Waals surface area contributed by atoms with E-state index in [9.17, 15) is 4.79 Å². The molecule has 0 unspecified atom stereocenters. The molecule has 0 N–H and O–H groups in total. The van der Waals surface area contributed by atoms with Gasteiger partial charge in [0.2, 0.25) is 0 Å². The summed E-state index contributed by atoms with van der Waals surface area (Å²) in [6.45, 7) is 10.1. The van der Waals surface area contributed by atoms with Gasteiger partial charge in [-0.3, -0.25) is 4.79 Å². The van der Waals surface area contributed by atoms with Crippen LogP contribution in [0.15, 0.2) is 0 Å². The van der Waals surface area contributed by atoms with E-state index < -0.39 is 0 Å². The van der Waals surface area contributed by atoms with Crippen molar-refractivity contribution < 1.29 is 4.79 Å². The molecule has 0 aromatic rings. The van der Waals surface area contributed by atoms with E-state index in [1.165, 1.54) is 0 Å². The lowest BCUT2D eigenvalue weighted by Crippen LogP contribution is -2.31. The molecular formula is C12H26N2O. The van der Waals surface area contributed by atoms with Crippen LogP contribution in [-0.4, -0.2) is 55.9 Å². The third-order valence-electron chi connectivity index (χ3n) is 2.85. The second kappa shape index (κ2) is 7.83. The third-order valence-corrected chi connectivity index (χ3v) is 2.85. The average Bonchev–Trinajstić information content (AvgIpc) is 2.16. The molecular weight excluding hydrogens is 188 g/mol. The van der Waals surface area contributed by atoms with E-state index in [0.29, 0.717) is 5.78 Å². The molecule has 0 heterocycles. The van der Waals surface area contributed by atoms with Crippen molar-refractivity contribution in [1.29, 1.82) is 0 Å². The summed E-state index contributed by atoms with van der Waals surface area (Å²) >= 11 is 0. The van der Waals surface area contributed by atoms with Crippen LogP contribution in [-0.2, 0) is 4.79 Å². The fourth-order valence-electron chi connectivity index (χ4n) is 1.74. The van der Waals surface area contributed by atoms with Crippen molar-refractivity contribution in [3.05, 3.63) is 0 Å². The Morgan fingerprint density at radius 2 is 1.73 bits per heavy atom. The normalized spacial score (nSPS) is 13.5. The summed E-state index contributed by atoms with van der Waals surface area (Å²) in [5, 5.41) is 0. The predicted molar refractivity (Wildman–Crippen MR) is 65.1 cm³/mol. The molecule has 1 atom stereocenters. The summed E-state index contributed by atoms with van der Waals surface area (Å²) in [6.07, 6.45) is 0.981. The molecule has 3 nitrogen and oxygen atoms in total. The van der Waals surface area contributed by atoms with Crippen molar-refractivity contribution in [2.45, 2.75) is 27.2 Å². The summed E-state index contributed by atoms with van der Waals surface area (Å²) in [4.78, 5) is 15.9. The van der Waals surface area contributed by atoms with Gasteiger partial charge in [0.05, 0.1) is 0 Å². The van der Waals surface area contributed by atoms with Crippen molar-refractivity contribution in [3.63, 3.8) is 0 Å². The van der Waals surface area contributed by atoms with Gasteiger partial charge in [-0.05, 0) is 47.1 Å². The van der Waals surface area contributed by atoms with Crippen molar-refractivity contribution in [3.8, 4) is 0 Å². The summed E-state index contributed by atoms with van der Waals surface area (Å²) in [5.74, 6) is 0.511. The fourth-order valence-corrected chi connectivity index (χ4v) is 1.74. The molecule has 0 saturated heterocycles. The highest BCUT2D eigenvalue weighted by Gasteiger charge is 2.15. The van der Waals surface area contributed by atoms with Gasteiger partial charge in [0.15, 0.2) is 0 Å². The quantitative estimate of drug-likeness (QED) is 0.611. The molecule has 0 bridgehead atoms. The minimum atomic E-state index is 0.195. The maximum absolute atomic E-state index is 11.4. The number of Topliss-reactive ketones (excluding diaryl/α,β-unsaturated/α-hetero) is 1. The molecule has 15 heavy (non-hydrogen) atoms. The van der Waals surface area contributed by atoms with Crippen LogP contribution in [0.3, 0.4) is 0 Å². The molecule has 0 aliphatic rings. The smallest absolute Gasteiger partial charge is 0.134 e. The van der Waals surface area contributed by atoms with E-state index >= 15 is 0 Å². The van der Waals surface area contributed by atoms with E-state index in [0.717, 1.165) is 32.6 Å². The molecule has 3 heteroatoms. The van der Waals surface area contributed by atoms with Gasteiger partial charge < -0.3 is 9.80 Å². The van der Waals surface area contributed by atoms with Gasteiger partial charge in [-0.1, -0.05) is 13.8 Å². The van der Waals surface area contributed by atoms with Gasteiger partial charge in [0.25, 0.3) is 0 Å². The largest absolute Gasteiger partial charge is 0.309 e. The minimum absolute atomic E-state index is 0.195. The van der Waals surface area contributed by atoms with Crippen molar-refractivity contribution in [2.75, 3.05) is 40.3 Å². The maximum atomic E-state index is 11.4. The second-order valence-corrected chi connectivity index (χ2v) is 4.39. The van der Waals surface area contributed by atoms with Gasteiger partial charge in [0, 0.05) is 12.5 Å². The Kier molecular flexibility index (Phi) is 7.61. The zero-order chi connectivity index (χ0) is 11.8. The van der Waals surface area contributed by atoms with Crippen LogP contribution in [0.25, 0.3) is 0 Å². The van der Waals surface area contributed by atoms with Gasteiger partial charge in [0.1, 0.15) is 5.78 Å². The molecule has 0 spiro atoms. The predicted octanol–water partition coefficient (Wildman–Crippen LogP) is 1.49. The highest BCUT2D eigenvalue weighted by Crippen LogP contribution is 2.07. The molecule has 0 aromatic heterocycles. The van der Waals surface area contributed by atoms with E-state index in [2.05, 4.69) is 23.6 Å². The second-order valence-electron chi connectivity index (χ2n) is 4.39. The Balaban J connectivity index is 4.00. The molecule has 0 aromatic carbocycles. The summed E-state index contributed by atoms with van der Waals surface area (Å²) in [7, 11) is 4.04. The first-order chi connectivity index (χ1) is 7.01. The van der Waals surface area contributed by atoms with E-state index in [-0.39, 0.29) is 5.92 Å². The average molecular weight is 214 g/mol. The number of hydrogen-bond donors (Lipinski definition) is 0. The van der Waals surface area contributed by atoms with Crippen molar-refractivity contribution >= 4 is 5.78 Å².